The SMILES string of the molecule is CC1CCC(CC(C)(C(=O)O)C2CC2)O1. The normalized spacial score (nSPS) is 35.1. The third-order valence-corrected chi connectivity index (χ3v) is 3.94. The van der Waals surface area contributed by atoms with Crippen molar-refractivity contribution < 1.29 is 14.6 Å². The van der Waals surface area contributed by atoms with Crippen molar-refractivity contribution in [1.29, 1.82) is 0 Å². The van der Waals surface area contributed by atoms with Crippen molar-refractivity contribution in [2.75, 3.05) is 0 Å². The monoisotopic (exact) mass is 212 g/mol. The molecule has 1 aliphatic carbocycles. The molecule has 1 aliphatic heterocycles. The van der Waals surface area contributed by atoms with Crippen LogP contribution in [0.15, 0.2) is 0 Å². The highest BCUT2D eigenvalue weighted by molar-refractivity contribution is 5.75. The summed E-state index contributed by atoms with van der Waals surface area (Å²) in [5.74, 6) is -0.261. The van der Waals surface area contributed by atoms with E-state index in [9.17, 15) is 9.90 Å². The molecule has 2 rings (SSSR count). The predicted octanol–water partition coefficient (Wildman–Crippen LogP) is 2.44. The van der Waals surface area contributed by atoms with Gasteiger partial charge in [-0.25, -0.2) is 0 Å². The molecule has 2 aliphatic rings. The van der Waals surface area contributed by atoms with E-state index in [1.165, 1.54) is 0 Å². The van der Waals surface area contributed by atoms with Crippen molar-refractivity contribution in [2.24, 2.45) is 11.3 Å². The zero-order valence-corrected chi connectivity index (χ0v) is 9.53. The van der Waals surface area contributed by atoms with Crippen molar-refractivity contribution in [3.8, 4) is 0 Å². The maximum atomic E-state index is 11.3. The second-order valence-electron chi connectivity index (χ2n) is 5.35. The van der Waals surface area contributed by atoms with E-state index in [1.54, 1.807) is 0 Å². The summed E-state index contributed by atoms with van der Waals surface area (Å²) < 4.78 is 5.72. The Labute approximate surface area is 90.8 Å². The highest BCUT2D eigenvalue weighted by atomic mass is 16.5. The van der Waals surface area contributed by atoms with Gasteiger partial charge in [0, 0.05) is 0 Å². The summed E-state index contributed by atoms with van der Waals surface area (Å²) in [6, 6.07) is 0. The Morgan fingerprint density at radius 1 is 1.40 bits per heavy atom. The summed E-state index contributed by atoms with van der Waals surface area (Å²) in [6.45, 7) is 3.95. The molecule has 1 saturated carbocycles. The van der Waals surface area contributed by atoms with Gasteiger partial charge >= 0.3 is 5.97 Å². The fourth-order valence-corrected chi connectivity index (χ4v) is 2.66. The molecule has 0 aromatic heterocycles. The first-order chi connectivity index (χ1) is 7.02. The Hall–Kier alpha value is -0.570. The van der Waals surface area contributed by atoms with Crippen molar-refractivity contribution >= 4 is 5.97 Å². The molecule has 0 radical (unpaired) electrons. The van der Waals surface area contributed by atoms with Gasteiger partial charge in [-0.1, -0.05) is 0 Å². The topological polar surface area (TPSA) is 46.5 Å². The van der Waals surface area contributed by atoms with E-state index < -0.39 is 11.4 Å². The van der Waals surface area contributed by atoms with Crippen molar-refractivity contribution in [3.63, 3.8) is 0 Å². The summed E-state index contributed by atoms with van der Waals surface area (Å²) in [5, 5.41) is 9.31. The second kappa shape index (κ2) is 3.78. The van der Waals surface area contributed by atoms with Crippen LogP contribution >= 0.6 is 0 Å². The Morgan fingerprint density at radius 2 is 2.07 bits per heavy atom. The molecule has 3 nitrogen and oxygen atoms in total. The number of hydrogen-bond donors (Lipinski definition) is 1. The number of carboxylic acids is 1. The molecular formula is C12H20O3. The molecule has 1 saturated heterocycles. The molecule has 0 aromatic rings. The van der Waals surface area contributed by atoms with Gasteiger partial charge in [-0.2, -0.15) is 0 Å². The van der Waals surface area contributed by atoms with Gasteiger partial charge in [-0.15, -0.1) is 0 Å². The van der Waals surface area contributed by atoms with Gasteiger partial charge in [0.15, 0.2) is 0 Å². The van der Waals surface area contributed by atoms with Crippen LogP contribution in [-0.4, -0.2) is 23.3 Å². The van der Waals surface area contributed by atoms with Crippen LogP contribution in [0.1, 0.15) is 46.0 Å². The molecule has 3 unspecified atom stereocenters. The summed E-state index contributed by atoms with van der Waals surface area (Å²) in [4.78, 5) is 11.3. The summed E-state index contributed by atoms with van der Waals surface area (Å²) in [7, 11) is 0. The minimum absolute atomic E-state index is 0.168. The highest BCUT2D eigenvalue weighted by Gasteiger charge is 2.49. The highest BCUT2D eigenvalue weighted by Crippen LogP contribution is 2.49. The number of carboxylic acid groups (broad SMARTS) is 1. The summed E-state index contributed by atoms with van der Waals surface area (Å²) >= 11 is 0. The van der Waals surface area contributed by atoms with Crippen LogP contribution in [0.4, 0.5) is 0 Å². The Balaban J connectivity index is 1.97. The molecular weight excluding hydrogens is 192 g/mol. The minimum Gasteiger partial charge on any atom is -0.481 e. The number of ether oxygens (including phenoxy) is 1. The van der Waals surface area contributed by atoms with Gasteiger partial charge in [0.25, 0.3) is 0 Å². The number of aliphatic carboxylic acids is 1. The summed E-state index contributed by atoms with van der Waals surface area (Å²) in [6.07, 6.45) is 5.42. The van der Waals surface area contributed by atoms with E-state index in [-0.39, 0.29) is 6.10 Å². The lowest BCUT2D eigenvalue weighted by atomic mass is 9.79. The Kier molecular flexibility index (Phi) is 2.75. The van der Waals surface area contributed by atoms with Gasteiger partial charge < -0.3 is 9.84 Å². The van der Waals surface area contributed by atoms with E-state index in [0.717, 1.165) is 25.7 Å². The molecule has 0 bridgehead atoms. The minimum atomic E-state index is -0.645. The molecule has 0 spiro atoms. The van der Waals surface area contributed by atoms with E-state index in [2.05, 4.69) is 6.92 Å². The van der Waals surface area contributed by atoms with Crippen molar-refractivity contribution in [1.82, 2.24) is 0 Å². The van der Waals surface area contributed by atoms with E-state index in [4.69, 9.17) is 4.74 Å². The Bertz CT molecular complexity index is 260. The lowest BCUT2D eigenvalue weighted by Crippen LogP contribution is -2.34. The molecule has 1 heterocycles. The standard InChI is InChI=1S/C12H20O3/c1-8-3-6-10(15-8)7-12(2,11(13)14)9-4-5-9/h8-10H,3-7H2,1-2H3,(H,13,14). The van der Waals surface area contributed by atoms with E-state index >= 15 is 0 Å². The van der Waals surface area contributed by atoms with Gasteiger partial charge in [0.2, 0.25) is 0 Å². The van der Waals surface area contributed by atoms with Crippen LogP contribution < -0.4 is 0 Å². The molecule has 0 amide bonds. The Morgan fingerprint density at radius 3 is 2.47 bits per heavy atom. The van der Waals surface area contributed by atoms with Crippen molar-refractivity contribution in [3.05, 3.63) is 0 Å². The van der Waals surface area contributed by atoms with Crippen LogP contribution in [-0.2, 0) is 9.53 Å². The maximum absolute atomic E-state index is 11.3. The number of rotatable bonds is 4. The molecule has 2 fully saturated rings. The van der Waals surface area contributed by atoms with Crippen LogP contribution in [0.5, 0.6) is 0 Å². The molecule has 0 aromatic carbocycles. The van der Waals surface area contributed by atoms with Gasteiger partial charge in [0.05, 0.1) is 17.6 Å². The van der Waals surface area contributed by atoms with Gasteiger partial charge in [-0.3, -0.25) is 4.79 Å². The zero-order chi connectivity index (χ0) is 11.1. The smallest absolute Gasteiger partial charge is 0.309 e. The zero-order valence-electron chi connectivity index (χ0n) is 9.53. The van der Waals surface area contributed by atoms with Gasteiger partial charge in [-0.05, 0) is 51.9 Å². The lowest BCUT2D eigenvalue weighted by molar-refractivity contribution is -0.151. The van der Waals surface area contributed by atoms with Crippen LogP contribution in [0.3, 0.4) is 0 Å². The van der Waals surface area contributed by atoms with E-state index in [0.29, 0.717) is 18.4 Å². The largest absolute Gasteiger partial charge is 0.481 e. The van der Waals surface area contributed by atoms with Crippen molar-refractivity contribution in [2.45, 2.75) is 58.2 Å². The van der Waals surface area contributed by atoms with E-state index in [1.807, 2.05) is 6.92 Å². The first-order valence-electron chi connectivity index (χ1n) is 5.91. The molecule has 3 atom stereocenters. The number of hydrogen-bond acceptors (Lipinski definition) is 2. The second-order valence-corrected chi connectivity index (χ2v) is 5.35. The fourth-order valence-electron chi connectivity index (χ4n) is 2.66. The third kappa shape index (κ3) is 2.17. The third-order valence-electron chi connectivity index (χ3n) is 3.94. The fraction of sp³-hybridized carbons (Fsp3) is 0.917. The molecule has 3 heteroatoms. The van der Waals surface area contributed by atoms with Gasteiger partial charge in [0.1, 0.15) is 0 Å². The maximum Gasteiger partial charge on any atom is 0.309 e. The van der Waals surface area contributed by atoms with Crippen LogP contribution in [0, 0.1) is 11.3 Å². The first kappa shape index (κ1) is 10.9. The average molecular weight is 212 g/mol. The first-order valence-corrected chi connectivity index (χ1v) is 5.91. The predicted molar refractivity (Wildman–Crippen MR) is 56.7 cm³/mol. The quantitative estimate of drug-likeness (QED) is 0.778. The molecule has 1 N–H and O–H groups in total. The lowest BCUT2D eigenvalue weighted by Gasteiger charge is -2.27. The van der Waals surface area contributed by atoms with Crippen LogP contribution in [0.25, 0.3) is 0 Å². The average Bonchev–Trinajstić information content (AvgIpc) is 2.92. The molecule has 86 valence electrons. The van der Waals surface area contributed by atoms with Crippen LogP contribution in [0.2, 0.25) is 0 Å². The number of carbonyl (C=O) groups is 1. The summed E-state index contributed by atoms with van der Waals surface area (Å²) in [5.41, 5.74) is -0.547. The molecule has 15 heavy (non-hydrogen) atoms.